The Labute approximate surface area is 127 Å². The quantitative estimate of drug-likeness (QED) is 0.784. The van der Waals surface area contributed by atoms with Gasteiger partial charge in [0.1, 0.15) is 11.5 Å². The molecule has 0 aliphatic rings. The molecule has 2 rings (SSSR count). The predicted molar refractivity (Wildman–Crippen MR) is 85.8 cm³/mol. The van der Waals surface area contributed by atoms with Crippen LogP contribution < -0.4 is 10.1 Å². The van der Waals surface area contributed by atoms with Crippen molar-refractivity contribution in [2.45, 2.75) is 39.7 Å². The maximum Gasteiger partial charge on any atom is 0.119 e. The van der Waals surface area contributed by atoms with Crippen LogP contribution in [-0.2, 0) is 6.42 Å². The lowest BCUT2D eigenvalue weighted by atomic mass is 9.98. The topological polar surface area (TPSA) is 34.4 Å². The zero-order valence-corrected chi connectivity index (χ0v) is 13.2. The van der Waals surface area contributed by atoms with E-state index in [-0.39, 0.29) is 6.04 Å². The minimum Gasteiger partial charge on any atom is -0.494 e. The molecular formula is C18H25NO2. The zero-order valence-electron chi connectivity index (χ0n) is 13.2. The van der Waals surface area contributed by atoms with Crippen LogP contribution in [0.5, 0.6) is 5.75 Å². The minimum atomic E-state index is 0.170. The SMILES string of the molecule is CCCOc1ccc(C(NCC)c2ccoc2CC)cc1. The Kier molecular flexibility index (Phi) is 5.88. The largest absolute Gasteiger partial charge is 0.494 e. The number of hydrogen-bond acceptors (Lipinski definition) is 3. The summed E-state index contributed by atoms with van der Waals surface area (Å²) in [5.41, 5.74) is 2.46. The van der Waals surface area contributed by atoms with E-state index in [1.165, 1.54) is 11.1 Å². The first-order valence-corrected chi connectivity index (χ1v) is 7.82. The van der Waals surface area contributed by atoms with Crippen molar-refractivity contribution in [3.8, 4) is 5.75 Å². The van der Waals surface area contributed by atoms with Crippen LogP contribution in [-0.4, -0.2) is 13.2 Å². The number of aryl methyl sites for hydroxylation is 1. The summed E-state index contributed by atoms with van der Waals surface area (Å²) in [4.78, 5) is 0. The average molecular weight is 287 g/mol. The molecule has 0 spiro atoms. The van der Waals surface area contributed by atoms with Crippen molar-refractivity contribution in [2.24, 2.45) is 0 Å². The summed E-state index contributed by atoms with van der Waals surface area (Å²) in [5, 5.41) is 3.54. The van der Waals surface area contributed by atoms with Crippen LogP contribution in [0.4, 0.5) is 0 Å². The highest BCUT2D eigenvalue weighted by Gasteiger charge is 2.18. The molecule has 0 saturated heterocycles. The van der Waals surface area contributed by atoms with E-state index in [4.69, 9.17) is 9.15 Å². The van der Waals surface area contributed by atoms with Gasteiger partial charge < -0.3 is 14.5 Å². The van der Waals surface area contributed by atoms with Gasteiger partial charge in [-0.25, -0.2) is 0 Å². The average Bonchev–Trinajstić information content (AvgIpc) is 2.99. The summed E-state index contributed by atoms with van der Waals surface area (Å²) in [6.45, 7) is 8.02. The van der Waals surface area contributed by atoms with Gasteiger partial charge in [0.05, 0.1) is 18.9 Å². The van der Waals surface area contributed by atoms with Crippen LogP contribution in [0.15, 0.2) is 41.0 Å². The summed E-state index contributed by atoms with van der Waals surface area (Å²) in [6.07, 6.45) is 3.70. The third-order valence-electron chi connectivity index (χ3n) is 3.51. The lowest BCUT2D eigenvalue weighted by Gasteiger charge is -2.19. The van der Waals surface area contributed by atoms with E-state index in [1.807, 2.05) is 12.1 Å². The summed E-state index contributed by atoms with van der Waals surface area (Å²) in [7, 11) is 0. The number of hydrogen-bond donors (Lipinski definition) is 1. The van der Waals surface area contributed by atoms with Crippen LogP contribution in [0, 0.1) is 0 Å². The molecule has 21 heavy (non-hydrogen) atoms. The van der Waals surface area contributed by atoms with E-state index in [2.05, 4.69) is 44.3 Å². The third kappa shape index (κ3) is 3.88. The van der Waals surface area contributed by atoms with Gasteiger partial charge in [0.15, 0.2) is 0 Å². The highest BCUT2D eigenvalue weighted by Crippen LogP contribution is 2.27. The lowest BCUT2D eigenvalue weighted by molar-refractivity contribution is 0.317. The molecular weight excluding hydrogens is 262 g/mol. The van der Waals surface area contributed by atoms with E-state index in [0.29, 0.717) is 0 Å². The molecule has 1 aromatic carbocycles. The maximum absolute atomic E-state index is 5.65. The number of nitrogens with one attached hydrogen (secondary N) is 1. The zero-order chi connectivity index (χ0) is 15.1. The fourth-order valence-corrected chi connectivity index (χ4v) is 2.48. The molecule has 0 radical (unpaired) electrons. The first kappa shape index (κ1) is 15.6. The predicted octanol–water partition coefficient (Wildman–Crippen LogP) is 4.33. The summed E-state index contributed by atoms with van der Waals surface area (Å²) in [6, 6.07) is 10.6. The maximum atomic E-state index is 5.65. The van der Waals surface area contributed by atoms with Crippen molar-refractivity contribution >= 4 is 0 Å². The van der Waals surface area contributed by atoms with E-state index in [1.54, 1.807) is 6.26 Å². The highest BCUT2D eigenvalue weighted by molar-refractivity contribution is 5.36. The van der Waals surface area contributed by atoms with Gasteiger partial charge in [-0.1, -0.05) is 32.9 Å². The molecule has 0 aliphatic heterocycles. The number of ether oxygens (including phenoxy) is 1. The summed E-state index contributed by atoms with van der Waals surface area (Å²) >= 11 is 0. The second-order valence-corrected chi connectivity index (χ2v) is 5.06. The molecule has 2 aromatic rings. The van der Waals surface area contributed by atoms with E-state index >= 15 is 0 Å². The van der Waals surface area contributed by atoms with Gasteiger partial charge in [0, 0.05) is 12.0 Å². The molecule has 0 saturated carbocycles. The smallest absolute Gasteiger partial charge is 0.119 e. The molecule has 0 bridgehead atoms. The van der Waals surface area contributed by atoms with Crippen molar-refractivity contribution in [3.63, 3.8) is 0 Å². The number of furan rings is 1. The normalized spacial score (nSPS) is 12.3. The Balaban J connectivity index is 2.22. The number of benzene rings is 1. The van der Waals surface area contributed by atoms with Gasteiger partial charge in [-0.15, -0.1) is 0 Å². The first-order valence-electron chi connectivity index (χ1n) is 7.82. The molecule has 0 fully saturated rings. The molecule has 0 amide bonds. The second-order valence-electron chi connectivity index (χ2n) is 5.06. The summed E-state index contributed by atoms with van der Waals surface area (Å²) in [5.74, 6) is 1.98. The van der Waals surface area contributed by atoms with Crippen LogP contribution in [0.25, 0.3) is 0 Å². The molecule has 3 heteroatoms. The van der Waals surface area contributed by atoms with Crippen molar-refractivity contribution in [1.82, 2.24) is 5.32 Å². The lowest BCUT2D eigenvalue weighted by Crippen LogP contribution is -2.22. The molecule has 1 unspecified atom stereocenters. The molecule has 1 aromatic heterocycles. The van der Waals surface area contributed by atoms with Gasteiger partial charge in [-0.3, -0.25) is 0 Å². The Bertz CT molecular complexity index is 530. The molecule has 0 aliphatic carbocycles. The fraction of sp³-hybridized carbons (Fsp3) is 0.444. The second kappa shape index (κ2) is 7.89. The molecule has 1 atom stereocenters. The number of rotatable bonds is 8. The fourth-order valence-electron chi connectivity index (χ4n) is 2.48. The Morgan fingerprint density at radius 1 is 1.10 bits per heavy atom. The highest BCUT2D eigenvalue weighted by atomic mass is 16.5. The van der Waals surface area contributed by atoms with Crippen LogP contribution in [0.1, 0.15) is 50.1 Å². The standard InChI is InChI=1S/C18H25NO2/c1-4-12-20-15-9-7-14(8-10-15)18(19-6-3)16-11-13-21-17(16)5-2/h7-11,13,18-19H,4-6,12H2,1-3H3. The molecule has 1 heterocycles. The summed E-state index contributed by atoms with van der Waals surface area (Å²) < 4.78 is 11.2. The molecule has 3 nitrogen and oxygen atoms in total. The van der Waals surface area contributed by atoms with Gasteiger partial charge in [-0.05, 0) is 36.7 Å². The van der Waals surface area contributed by atoms with Crippen molar-refractivity contribution in [1.29, 1.82) is 0 Å². The van der Waals surface area contributed by atoms with E-state index < -0.39 is 0 Å². The Morgan fingerprint density at radius 3 is 2.48 bits per heavy atom. The van der Waals surface area contributed by atoms with Gasteiger partial charge >= 0.3 is 0 Å². The van der Waals surface area contributed by atoms with Gasteiger partial charge in [-0.2, -0.15) is 0 Å². The van der Waals surface area contributed by atoms with Crippen molar-refractivity contribution < 1.29 is 9.15 Å². The van der Waals surface area contributed by atoms with E-state index in [9.17, 15) is 0 Å². The Morgan fingerprint density at radius 2 is 1.86 bits per heavy atom. The van der Waals surface area contributed by atoms with Gasteiger partial charge in [0.25, 0.3) is 0 Å². The monoisotopic (exact) mass is 287 g/mol. The first-order chi connectivity index (χ1) is 10.3. The Hall–Kier alpha value is -1.74. The minimum absolute atomic E-state index is 0.170. The van der Waals surface area contributed by atoms with Crippen LogP contribution in [0.3, 0.4) is 0 Å². The van der Waals surface area contributed by atoms with Gasteiger partial charge in [0.2, 0.25) is 0 Å². The third-order valence-corrected chi connectivity index (χ3v) is 3.51. The molecule has 114 valence electrons. The van der Waals surface area contributed by atoms with Crippen LogP contribution >= 0.6 is 0 Å². The molecule has 1 N–H and O–H groups in total. The van der Waals surface area contributed by atoms with E-state index in [0.717, 1.165) is 37.5 Å². The van der Waals surface area contributed by atoms with Crippen molar-refractivity contribution in [3.05, 3.63) is 53.5 Å². The van der Waals surface area contributed by atoms with Crippen molar-refractivity contribution in [2.75, 3.05) is 13.2 Å². The van der Waals surface area contributed by atoms with Crippen LogP contribution in [0.2, 0.25) is 0 Å².